The number of thiophene rings is 1. The lowest BCUT2D eigenvalue weighted by molar-refractivity contribution is -0.120. The second kappa shape index (κ2) is 9.74. The molecular weight excluding hydrogens is 464 g/mol. The molecule has 0 radical (unpaired) electrons. The molecule has 0 spiro atoms. The monoisotopic (exact) mass is 486 g/mol. The van der Waals surface area contributed by atoms with Crippen LogP contribution in [0.25, 0.3) is 5.69 Å². The number of nitrogens with one attached hydrogen (secondary N) is 1. The van der Waals surface area contributed by atoms with Crippen LogP contribution in [0.2, 0.25) is 5.02 Å². The van der Waals surface area contributed by atoms with Crippen LogP contribution in [0.1, 0.15) is 17.3 Å². The Kier molecular flexibility index (Phi) is 6.77. The first-order chi connectivity index (χ1) is 15.9. The number of rotatable bonds is 6. The Hall–Kier alpha value is -3.21. The Morgan fingerprint density at radius 3 is 2.52 bits per heavy atom. The van der Waals surface area contributed by atoms with Crippen molar-refractivity contribution < 1.29 is 9.59 Å². The highest BCUT2D eigenvalue weighted by Crippen LogP contribution is 2.25. The zero-order valence-electron chi connectivity index (χ0n) is 17.9. The van der Waals surface area contributed by atoms with Gasteiger partial charge in [-0.3, -0.25) is 19.3 Å². The fourth-order valence-corrected chi connectivity index (χ4v) is 4.77. The first kappa shape index (κ1) is 23.0. The van der Waals surface area contributed by atoms with Gasteiger partial charge in [0.15, 0.2) is 0 Å². The Morgan fingerprint density at radius 1 is 1.15 bits per heavy atom. The van der Waals surface area contributed by atoms with Crippen LogP contribution in [-0.2, 0) is 4.79 Å². The molecule has 0 saturated carbocycles. The number of para-hydroxylation sites is 1. The lowest BCUT2D eigenvalue weighted by Gasteiger charge is -2.38. The number of carbonyl (C=O) groups is 2. The van der Waals surface area contributed by atoms with Gasteiger partial charge in [0.2, 0.25) is 5.91 Å². The van der Waals surface area contributed by atoms with Crippen molar-refractivity contribution in [1.29, 1.82) is 0 Å². The summed E-state index contributed by atoms with van der Waals surface area (Å²) in [5.41, 5.74) is 6.50. The van der Waals surface area contributed by atoms with Crippen LogP contribution in [0.4, 0.5) is 10.7 Å². The Balaban J connectivity index is 1.41. The lowest BCUT2D eigenvalue weighted by Crippen LogP contribution is -2.53. The number of halogens is 1. The molecule has 1 aliphatic rings. The minimum absolute atomic E-state index is 0.116. The van der Waals surface area contributed by atoms with Crippen LogP contribution >= 0.6 is 22.9 Å². The normalized spacial score (nSPS) is 15.3. The summed E-state index contributed by atoms with van der Waals surface area (Å²) in [7, 11) is 0. The number of amides is 2. The number of nitrogens with two attached hydrogens (primary N) is 1. The van der Waals surface area contributed by atoms with Crippen molar-refractivity contribution in [3.63, 3.8) is 0 Å². The quantitative estimate of drug-likeness (QED) is 0.552. The Labute approximate surface area is 199 Å². The van der Waals surface area contributed by atoms with E-state index in [-0.39, 0.29) is 16.5 Å². The molecule has 3 heterocycles. The van der Waals surface area contributed by atoms with Crippen LogP contribution in [0, 0.1) is 0 Å². The van der Waals surface area contributed by atoms with Gasteiger partial charge in [-0.05, 0) is 30.5 Å². The molecule has 2 amide bonds. The predicted octanol–water partition coefficient (Wildman–Crippen LogP) is 2.20. The maximum absolute atomic E-state index is 12.8. The first-order valence-corrected chi connectivity index (χ1v) is 11.6. The van der Waals surface area contributed by atoms with Gasteiger partial charge in [-0.2, -0.15) is 9.78 Å². The molecule has 4 rings (SSSR count). The van der Waals surface area contributed by atoms with Gasteiger partial charge in [-0.1, -0.05) is 29.8 Å². The summed E-state index contributed by atoms with van der Waals surface area (Å²) in [6, 6.07) is 10.3. The molecule has 33 heavy (non-hydrogen) atoms. The fourth-order valence-electron chi connectivity index (χ4n) is 3.73. The van der Waals surface area contributed by atoms with Gasteiger partial charge in [0.05, 0.1) is 29.2 Å². The van der Waals surface area contributed by atoms with Crippen LogP contribution in [-0.4, -0.2) is 58.7 Å². The number of piperazine rings is 1. The predicted molar refractivity (Wildman–Crippen MR) is 130 cm³/mol. The summed E-state index contributed by atoms with van der Waals surface area (Å²) in [6.07, 6.45) is 1.60. The van der Waals surface area contributed by atoms with Crippen molar-refractivity contribution >= 4 is 45.4 Å². The molecule has 3 N–H and O–H groups in total. The van der Waals surface area contributed by atoms with Crippen molar-refractivity contribution in [2.24, 2.45) is 5.73 Å². The average Bonchev–Trinajstić information content (AvgIpc) is 3.29. The van der Waals surface area contributed by atoms with Crippen molar-refractivity contribution in [3.05, 3.63) is 68.9 Å². The third kappa shape index (κ3) is 4.77. The van der Waals surface area contributed by atoms with Gasteiger partial charge < -0.3 is 16.0 Å². The Morgan fingerprint density at radius 2 is 1.85 bits per heavy atom. The molecule has 11 heteroatoms. The molecule has 0 aliphatic carbocycles. The molecule has 1 saturated heterocycles. The average molecular weight is 487 g/mol. The van der Waals surface area contributed by atoms with Crippen molar-refractivity contribution in [2.75, 3.05) is 36.4 Å². The second-order valence-corrected chi connectivity index (χ2v) is 8.91. The molecule has 2 aromatic heterocycles. The zero-order chi connectivity index (χ0) is 23.5. The van der Waals surface area contributed by atoms with E-state index in [1.807, 2.05) is 34.9 Å². The number of benzene rings is 1. The smallest absolute Gasteiger partial charge is 0.292 e. The maximum Gasteiger partial charge on any atom is 0.292 e. The van der Waals surface area contributed by atoms with E-state index in [9.17, 15) is 14.4 Å². The molecule has 1 aliphatic heterocycles. The molecule has 172 valence electrons. The summed E-state index contributed by atoms with van der Waals surface area (Å²) >= 11 is 7.68. The molecule has 0 bridgehead atoms. The number of carbonyl (C=O) groups excluding carboxylic acids is 2. The number of primary amides is 1. The van der Waals surface area contributed by atoms with Crippen molar-refractivity contribution in [2.45, 2.75) is 13.0 Å². The minimum atomic E-state index is -0.576. The van der Waals surface area contributed by atoms with Crippen molar-refractivity contribution in [3.8, 4) is 5.69 Å². The van der Waals surface area contributed by atoms with Gasteiger partial charge in [0.25, 0.3) is 11.5 Å². The van der Waals surface area contributed by atoms with E-state index in [0.29, 0.717) is 48.1 Å². The van der Waals surface area contributed by atoms with Gasteiger partial charge in [0.1, 0.15) is 10.0 Å². The Bertz CT molecular complexity index is 1220. The van der Waals surface area contributed by atoms with E-state index >= 15 is 0 Å². The first-order valence-electron chi connectivity index (χ1n) is 10.4. The molecule has 1 aromatic carbocycles. The molecule has 1 unspecified atom stereocenters. The summed E-state index contributed by atoms with van der Waals surface area (Å²) < 4.78 is 1.28. The largest absolute Gasteiger partial charge is 0.366 e. The fraction of sp³-hybridized carbons (Fsp3) is 0.273. The van der Waals surface area contributed by atoms with Gasteiger partial charge >= 0.3 is 0 Å². The molecule has 9 nitrogen and oxygen atoms in total. The maximum atomic E-state index is 12.8. The van der Waals surface area contributed by atoms with E-state index in [1.165, 1.54) is 16.0 Å². The highest BCUT2D eigenvalue weighted by atomic mass is 35.5. The minimum Gasteiger partial charge on any atom is -0.366 e. The molecule has 3 aromatic rings. The summed E-state index contributed by atoms with van der Waals surface area (Å²) in [5.74, 6) is -0.786. The third-order valence-corrected chi connectivity index (χ3v) is 6.84. The standard InChI is InChI=1S/C22H23ClN6O3S/c1-14(20(31)26-21-16(19(24)30)7-12-33-21)27-8-10-28(11-9-27)17-13-25-29(22(32)18(17)23)15-5-3-2-4-6-15/h2-7,12-14H,8-11H2,1H3,(H2,24,30)(H,26,31). The topological polar surface area (TPSA) is 114 Å². The van der Waals surface area contributed by atoms with Gasteiger partial charge in [-0.25, -0.2) is 0 Å². The lowest BCUT2D eigenvalue weighted by atomic mass is 10.2. The van der Waals surface area contributed by atoms with E-state index in [1.54, 1.807) is 29.8 Å². The molecule has 1 atom stereocenters. The van der Waals surface area contributed by atoms with Gasteiger partial charge in [0, 0.05) is 26.2 Å². The van der Waals surface area contributed by atoms with Crippen LogP contribution in [0.15, 0.2) is 52.8 Å². The number of hydrogen-bond acceptors (Lipinski definition) is 7. The summed E-state index contributed by atoms with van der Waals surface area (Å²) in [5, 5.41) is 9.37. The molecular formula is C22H23ClN6O3S. The number of hydrogen-bond donors (Lipinski definition) is 2. The second-order valence-electron chi connectivity index (χ2n) is 7.61. The van der Waals surface area contributed by atoms with Crippen LogP contribution in [0.5, 0.6) is 0 Å². The summed E-state index contributed by atoms with van der Waals surface area (Å²) in [6.45, 7) is 4.18. The van der Waals surface area contributed by atoms with Crippen LogP contribution < -0.4 is 21.5 Å². The summed E-state index contributed by atoms with van der Waals surface area (Å²) in [4.78, 5) is 41.0. The highest BCUT2D eigenvalue weighted by Gasteiger charge is 2.28. The van der Waals surface area contributed by atoms with E-state index in [2.05, 4.69) is 10.4 Å². The number of anilines is 2. The van der Waals surface area contributed by atoms with E-state index in [4.69, 9.17) is 17.3 Å². The highest BCUT2D eigenvalue weighted by molar-refractivity contribution is 7.14. The van der Waals surface area contributed by atoms with E-state index < -0.39 is 11.9 Å². The number of aromatic nitrogens is 2. The van der Waals surface area contributed by atoms with Crippen LogP contribution in [0.3, 0.4) is 0 Å². The number of nitrogens with zero attached hydrogens (tertiary/aromatic N) is 4. The SMILES string of the molecule is CC(C(=O)Nc1sccc1C(N)=O)N1CCN(c2cnn(-c3ccccc3)c(=O)c2Cl)CC1. The third-order valence-electron chi connectivity index (χ3n) is 5.65. The molecule has 1 fully saturated rings. The van der Waals surface area contributed by atoms with Gasteiger partial charge in [-0.15, -0.1) is 11.3 Å². The van der Waals surface area contributed by atoms with Crippen molar-refractivity contribution in [1.82, 2.24) is 14.7 Å². The zero-order valence-corrected chi connectivity index (χ0v) is 19.5. The van der Waals surface area contributed by atoms with E-state index in [0.717, 1.165) is 0 Å².